The van der Waals surface area contributed by atoms with E-state index in [1.165, 1.54) is 36.0 Å². The Morgan fingerprint density at radius 3 is 3.20 bits per heavy atom. The second-order valence-corrected chi connectivity index (χ2v) is 5.05. The van der Waals surface area contributed by atoms with Crippen LogP contribution >= 0.6 is 11.6 Å². The highest BCUT2D eigenvalue weighted by Crippen LogP contribution is 2.46. The van der Waals surface area contributed by atoms with Gasteiger partial charge in [0.15, 0.2) is 0 Å². The van der Waals surface area contributed by atoms with E-state index in [0.29, 0.717) is 11.1 Å². The van der Waals surface area contributed by atoms with Gasteiger partial charge in [-0.2, -0.15) is 0 Å². The van der Waals surface area contributed by atoms with E-state index in [-0.39, 0.29) is 0 Å². The zero-order valence-electron chi connectivity index (χ0n) is 8.83. The van der Waals surface area contributed by atoms with Crippen LogP contribution in [-0.2, 0) is 0 Å². The molecule has 0 aromatic heterocycles. The third-order valence-electron chi connectivity index (χ3n) is 3.68. The van der Waals surface area contributed by atoms with E-state index in [2.05, 4.69) is 18.0 Å². The van der Waals surface area contributed by atoms with Gasteiger partial charge in [0.1, 0.15) is 5.16 Å². The summed E-state index contributed by atoms with van der Waals surface area (Å²) >= 11 is 6.02. The Hall–Kier alpha value is -0.820. The predicted molar refractivity (Wildman–Crippen MR) is 64.0 cm³/mol. The molecule has 0 bridgehead atoms. The molecule has 0 saturated heterocycles. The molecule has 0 amide bonds. The molecule has 2 aliphatic carbocycles. The van der Waals surface area contributed by atoms with Gasteiger partial charge in [0, 0.05) is 6.21 Å². The molecule has 1 nitrogen and oxygen atoms in total. The van der Waals surface area contributed by atoms with Crippen LogP contribution in [0.4, 0.5) is 0 Å². The quantitative estimate of drug-likeness (QED) is 0.550. The zero-order valence-corrected chi connectivity index (χ0v) is 9.59. The summed E-state index contributed by atoms with van der Waals surface area (Å²) in [5.74, 6) is 1.39. The highest BCUT2D eigenvalue weighted by molar-refractivity contribution is 6.30. The molecule has 0 saturated carbocycles. The van der Waals surface area contributed by atoms with E-state index in [1.54, 1.807) is 0 Å². The highest BCUT2D eigenvalue weighted by Gasteiger charge is 2.33. The number of hydrogen-bond donors (Lipinski definition) is 0. The number of nitrogens with zero attached hydrogens (tertiary/aromatic N) is 1. The summed E-state index contributed by atoms with van der Waals surface area (Å²) in [6, 6.07) is 0. The van der Waals surface area contributed by atoms with Crippen molar-refractivity contribution < 1.29 is 0 Å². The molecule has 15 heavy (non-hydrogen) atoms. The van der Waals surface area contributed by atoms with E-state index in [0.717, 1.165) is 5.92 Å². The summed E-state index contributed by atoms with van der Waals surface area (Å²) in [5, 5.41) is 0.614. The maximum absolute atomic E-state index is 6.02. The Morgan fingerprint density at radius 1 is 1.47 bits per heavy atom. The number of allylic oxidation sites excluding steroid dienone is 5. The minimum Gasteiger partial charge on any atom is -0.244 e. The van der Waals surface area contributed by atoms with Crippen molar-refractivity contribution in [3.8, 4) is 0 Å². The normalized spacial score (nSPS) is 33.5. The summed E-state index contributed by atoms with van der Waals surface area (Å²) < 4.78 is 0. The first-order valence-corrected chi connectivity index (χ1v) is 5.99. The summed E-state index contributed by atoms with van der Waals surface area (Å²) in [6.07, 6.45) is 10.1. The fourth-order valence-electron chi connectivity index (χ4n) is 3.02. The number of halogens is 1. The second kappa shape index (κ2) is 3.34. The lowest BCUT2D eigenvalue weighted by Crippen LogP contribution is -2.06. The molecular formula is C13H14ClN. The maximum Gasteiger partial charge on any atom is 0.129 e. The fourth-order valence-corrected chi connectivity index (χ4v) is 3.18. The molecule has 3 aliphatic rings. The molecule has 1 aliphatic heterocycles. The highest BCUT2D eigenvalue weighted by atomic mass is 35.5. The van der Waals surface area contributed by atoms with E-state index < -0.39 is 0 Å². The van der Waals surface area contributed by atoms with E-state index in [4.69, 9.17) is 11.6 Å². The van der Waals surface area contributed by atoms with Gasteiger partial charge < -0.3 is 0 Å². The van der Waals surface area contributed by atoms with Gasteiger partial charge in [0.2, 0.25) is 0 Å². The number of hydrogen-bond acceptors (Lipinski definition) is 1. The van der Waals surface area contributed by atoms with Crippen LogP contribution in [0.15, 0.2) is 39.0 Å². The van der Waals surface area contributed by atoms with Gasteiger partial charge in [-0.3, -0.25) is 0 Å². The average Bonchev–Trinajstić information content (AvgIpc) is 2.40. The predicted octanol–water partition coefficient (Wildman–Crippen LogP) is 3.82. The van der Waals surface area contributed by atoms with Gasteiger partial charge in [0.05, 0.1) is 0 Å². The Balaban J connectivity index is 2.18. The lowest BCUT2D eigenvalue weighted by Gasteiger charge is -2.20. The van der Waals surface area contributed by atoms with Gasteiger partial charge in [0.25, 0.3) is 0 Å². The standard InChI is InChI=1S/C13H14ClN/c1-8-5-9-3-2-4-10-6-12(14)15-7-11(8)13(9)10/h4,6-9H,2-3,5H2,1H3. The molecule has 2 heteroatoms. The topological polar surface area (TPSA) is 12.4 Å². The molecule has 1 heterocycles. The van der Waals surface area contributed by atoms with Crippen molar-refractivity contribution >= 4 is 17.8 Å². The largest absolute Gasteiger partial charge is 0.244 e. The molecule has 78 valence electrons. The lowest BCUT2D eigenvalue weighted by atomic mass is 9.84. The minimum absolute atomic E-state index is 0.614. The van der Waals surface area contributed by atoms with Crippen LogP contribution in [0.1, 0.15) is 26.2 Å². The van der Waals surface area contributed by atoms with Crippen LogP contribution in [0.25, 0.3) is 0 Å². The molecule has 0 aromatic carbocycles. The number of aliphatic imine (C=N–C) groups is 1. The Bertz CT molecular complexity index is 426. The van der Waals surface area contributed by atoms with Crippen molar-refractivity contribution in [2.45, 2.75) is 26.2 Å². The van der Waals surface area contributed by atoms with Crippen molar-refractivity contribution in [3.63, 3.8) is 0 Å². The molecular weight excluding hydrogens is 206 g/mol. The Kier molecular flexibility index (Phi) is 2.10. The molecule has 3 rings (SSSR count). The monoisotopic (exact) mass is 219 g/mol. The van der Waals surface area contributed by atoms with Crippen molar-refractivity contribution in [3.05, 3.63) is 34.0 Å². The van der Waals surface area contributed by atoms with Gasteiger partial charge in [-0.05, 0) is 53.9 Å². The summed E-state index contributed by atoms with van der Waals surface area (Å²) in [7, 11) is 0. The molecule has 0 N–H and O–H groups in total. The van der Waals surface area contributed by atoms with Crippen molar-refractivity contribution in [2.24, 2.45) is 16.8 Å². The van der Waals surface area contributed by atoms with Crippen LogP contribution in [0.2, 0.25) is 0 Å². The van der Waals surface area contributed by atoms with Crippen LogP contribution in [0.5, 0.6) is 0 Å². The van der Waals surface area contributed by atoms with E-state index in [9.17, 15) is 0 Å². The van der Waals surface area contributed by atoms with Gasteiger partial charge in [-0.25, -0.2) is 4.99 Å². The first kappa shape index (κ1) is 9.41. The third kappa shape index (κ3) is 1.41. The summed E-state index contributed by atoms with van der Waals surface area (Å²) in [6.45, 7) is 2.30. The minimum atomic E-state index is 0.614. The van der Waals surface area contributed by atoms with Gasteiger partial charge in [-0.1, -0.05) is 24.6 Å². The number of rotatable bonds is 0. The van der Waals surface area contributed by atoms with Gasteiger partial charge in [-0.15, -0.1) is 0 Å². The van der Waals surface area contributed by atoms with Crippen molar-refractivity contribution in [1.82, 2.24) is 0 Å². The molecule has 0 aromatic rings. The Labute approximate surface area is 95.2 Å². The first-order valence-electron chi connectivity index (χ1n) is 5.61. The molecule has 2 atom stereocenters. The summed E-state index contributed by atoms with van der Waals surface area (Å²) in [5.41, 5.74) is 4.26. The van der Waals surface area contributed by atoms with Crippen LogP contribution in [0, 0.1) is 11.8 Å². The van der Waals surface area contributed by atoms with Crippen molar-refractivity contribution in [1.29, 1.82) is 0 Å². The van der Waals surface area contributed by atoms with E-state index in [1.807, 2.05) is 12.3 Å². The fraction of sp³-hybridized carbons (Fsp3) is 0.462. The molecule has 0 radical (unpaired) electrons. The average molecular weight is 220 g/mol. The SMILES string of the molecule is CC1CC2CCC=C3C=C(Cl)N=CC1=C32. The molecule has 0 spiro atoms. The van der Waals surface area contributed by atoms with Crippen molar-refractivity contribution in [2.75, 3.05) is 0 Å². The molecule has 0 fully saturated rings. The van der Waals surface area contributed by atoms with E-state index >= 15 is 0 Å². The zero-order chi connectivity index (χ0) is 10.4. The maximum atomic E-state index is 6.02. The smallest absolute Gasteiger partial charge is 0.129 e. The van der Waals surface area contributed by atoms with Gasteiger partial charge >= 0.3 is 0 Å². The Morgan fingerprint density at radius 2 is 2.33 bits per heavy atom. The summed E-state index contributed by atoms with van der Waals surface area (Å²) in [4.78, 5) is 4.28. The second-order valence-electron chi connectivity index (χ2n) is 4.66. The third-order valence-corrected chi connectivity index (χ3v) is 3.89. The first-order chi connectivity index (χ1) is 7.25. The van der Waals surface area contributed by atoms with Crippen LogP contribution in [-0.4, -0.2) is 6.21 Å². The lowest BCUT2D eigenvalue weighted by molar-refractivity contribution is 0.499. The van der Waals surface area contributed by atoms with Crippen LogP contribution in [0.3, 0.4) is 0 Å². The molecule has 2 unspecified atom stereocenters. The van der Waals surface area contributed by atoms with Crippen LogP contribution < -0.4 is 0 Å².